The number of nitrogens with one attached hydrogen (secondary N) is 3. The highest BCUT2D eigenvalue weighted by Crippen LogP contribution is 2.10. The van der Waals surface area contributed by atoms with Crippen LogP contribution in [0.15, 0.2) is 54.6 Å². The maximum atomic E-state index is 12.1. The Hall–Kier alpha value is -2.77. The van der Waals surface area contributed by atoms with E-state index < -0.39 is 0 Å². The summed E-state index contributed by atoms with van der Waals surface area (Å²) in [6.07, 6.45) is 0.990. The zero-order chi connectivity index (χ0) is 19.5. The molecule has 0 aromatic heterocycles. The van der Waals surface area contributed by atoms with Crippen LogP contribution in [-0.4, -0.2) is 37.2 Å². The molecule has 0 heterocycles. The first-order chi connectivity index (χ1) is 13.1. The molecule has 0 spiro atoms. The van der Waals surface area contributed by atoms with Crippen molar-refractivity contribution in [2.75, 3.05) is 25.6 Å². The van der Waals surface area contributed by atoms with Gasteiger partial charge in [-0.2, -0.15) is 0 Å². The number of benzene rings is 2. The Bertz CT molecular complexity index is 781. The topological polar surface area (TPSA) is 79.5 Å². The highest BCUT2D eigenvalue weighted by atomic mass is 32.1. The third kappa shape index (κ3) is 7.55. The van der Waals surface area contributed by atoms with Crippen LogP contribution >= 0.6 is 12.2 Å². The second-order valence-corrected chi connectivity index (χ2v) is 6.26. The molecular formula is C20H23N3O3S. The first-order valence-corrected chi connectivity index (χ1v) is 9.01. The van der Waals surface area contributed by atoms with Crippen LogP contribution in [0.4, 0.5) is 5.69 Å². The number of thiocarbonyl (C=S) groups is 1. The fraction of sp³-hybridized carbons (Fsp3) is 0.250. The molecular weight excluding hydrogens is 362 g/mol. The molecule has 0 aliphatic carbocycles. The number of carbonyl (C=O) groups is 2. The second-order valence-electron chi connectivity index (χ2n) is 5.85. The molecule has 27 heavy (non-hydrogen) atoms. The number of carbonyl (C=O) groups excluding carboxylic acids is 2. The smallest absolute Gasteiger partial charge is 0.251 e. The van der Waals surface area contributed by atoms with Gasteiger partial charge in [0.1, 0.15) is 0 Å². The van der Waals surface area contributed by atoms with Gasteiger partial charge in [0, 0.05) is 31.5 Å². The Morgan fingerprint density at radius 3 is 2.59 bits per heavy atom. The molecule has 0 unspecified atom stereocenters. The molecule has 6 nitrogen and oxygen atoms in total. The number of methoxy groups -OCH3 is 1. The van der Waals surface area contributed by atoms with E-state index in [0.29, 0.717) is 24.4 Å². The van der Waals surface area contributed by atoms with Gasteiger partial charge in [0.25, 0.3) is 5.91 Å². The van der Waals surface area contributed by atoms with E-state index in [2.05, 4.69) is 16.0 Å². The minimum Gasteiger partial charge on any atom is -0.385 e. The van der Waals surface area contributed by atoms with E-state index >= 15 is 0 Å². The molecule has 7 heteroatoms. The van der Waals surface area contributed by atoms with Crippen molar-refractivity contribution in [2.24, 2.45) is 0 Å². The zero-order valence-electron chi connectivity index (χ0n) is 15.2. The number of hydrogen-bond donors (Lipinski definition) is 3. The monoisotopic (exact) mass is 385 g/mol. The summed E-state index contributed by atoms with van der Waals surface area (Å²) in [5, 5.41) is 8.58. The molecule has 0 aliphatic rings. The summed E-state index contributed by atoms with van der Waals surface area (Å²) in [6, 6.07) is 16.3. The minimum absolute atomic E-state index is 0.172. The van der Waals surface area contributed by atoms with E-state index in [4.69, 9.17) is 17.0 Å². The van der Waals surface area contributed by atoms with Gasteiger partial charge in [0.2, 0.25) is 5.91 Å². The first kappa shape index (κ1) is 20.5. The van der Waals surface area contributed by atoms with Gasteiger partial charge in [0.15, 0.2) is 5.11 Å². The lowest BCUT2D eigenvalue weighted by Gasteiger charge is -2.11. The number of amides is 2. The molecule has 0 saturated carbocycles. The largest absolute Gasteiger partial charge is 0.385 e. The van der Waals surface area contributed by atoms with Gasteiger partial charge in [-0.1, -0.05) is 36.4 Å². The predicted octanol–water partition coefficient (Wildman–Crippen LogP) is 2.51. The average molecular weight is 385 g/mol. The molecule has 2 rings (SSSR count). The van der Waals surface area contributed by atoms with Crippen molar-refractivity contribution in [1.29, 1.82) is 0 Å². The van der Waals surface area contributed by atoms with Crippen LogP contribution < -0.4 is 16.0 Å². The molecule has 0 saturated heterocycles. The van der Waals surface area contributed by atoms with Crippen LogP contribution in [0.3, 0.4) is 0 Å². The van der Waals surface area contributed by atoms with E-state index in [-0.39, 0.29) is 23.3 Å². The highest BCUT2D eigenvalue weighted by Gasteiger charge is 2.08. The van der Waals surface area contributed by atoms with Crippen LogP contribution in [0.2, 0.25) is 0 Å². The molecule has 3 N–H and O–H groups in total. The van der Waals surface area contributed by atoms with E-state index in [1.54, 1.807) is 31.4 Å². The van der Waals surface area contributed by atoms with Crippen molar-refractivity contribution in [2.45, 2.75) is 12.8 Å². The second kappa shape index (κ2) is 11.1. The molecule has 0 radical (unpaired) electrons. The Balaban J connectivity index is 1.84. The Kier molecular flexibility index (Phi) is 8.41. The Morgan fingerprint density at radius 2 is 1.85 bits per heavy atom. The normalized spacial score (nSPS) is 10.1. The number of hydrogen-bond acceptors (Lipinski definition) is 4. The molecule has 0 fully saturated rings. The lowest BCUT2D eigenvalue weighted by atomic mass is 10.1. The van der Waals surface area contributed by atoms with Crippen LogP contribution in [-0.2, 0) is 16.0 Å². The van der Waals surface area contributed by atoms with Crippen molar-refractivity contribution in [3.8, 4) is 0 Å². The van der Waals surface area contributed by atoms with E-state index in [1.807, 2.05) is 30.3 Å². The number of rotatable bonds is 8. The van der Waals surface area contributed by atoms with E-state index in [0.717, 1.165) is 12.0 Å². The number of anilines is 1. The molecule has 142 valence electrons. The van der Waals surface area contributed by atoms with Crippen LogP contribution in [0, 0.1) is 0 Å². The highest BCUT2D eigenvalue weighted by molar-refractivity contribution is 7.80. The molecule has 0 bridgehead atoms. The third-order valence-corrected chi connectivity index (χ3v) is 3.86. The van der Waals surface area contributed by atoms with Gasteiger partial charge in [-0.05, 0) is 42.4 Å². The number of ether oxygens (including phenoxy) is 1. The van der Waals surface area contributed by atoms with Gasteiger partial charge < -0.3 is 20.7 Å². The predicted molar refractivity (Wildman–Crippen MR) is 110 cm³/mol. The standard InChI is InChI=1S/C20H23N3O3S/c1-26-12-6-11-21-19(25)16-9-5-10-17(14-16)22-20(27)23-18(24)13-15-7-3-2-4-8-15/h2-5,7-10,14H,6,11-13H2,1H3,(H,21,25)(H2,22,23,24,27). The van der Waals surface area contributed by atoms with Crippen molar-refractivity contribution in [3.05, 3.63) is 65.7 Å². The quantitative estimate of drug-likeness (QED) is 0.481. The summed E-state index contributed by atoms with van der Waals surface area (Å²) in [4.78, 5) is 24.2. The summed E-state index contributed by atoms with van der Waals surface area (Å²) in [5.41, 5.74) is 2.05. The van der Waals surface area contributed by atoms with Crippen molar-refractivity contribution < 1.29 is 14.3 Å². The lowest BCUT2D eigenvalue weighted by molar-refractivity contribution is -0.119. The van der Waals surface area contributed by atoms with Crippen LogP contribution in [0.25, 0.3) is 0 Å². The molecule has 0 aliphatic heterocycles. The van der Waals surface area contributed by atoms with Gasteiger partial charge in [-0.3, -0.25) is 9.59 Å². The van der Waals surface area contributed by atoms with Crippen LogP contribution in [0.5, 0.6) is 0 Å². The fourth-order valence-corrected chi connectivity index (χ4v) is 2.60. The summed E-state index contributed by atoms with van der Waals surface area (Å²) < 4.78 is 4.95. The average Bonchev–Trinajstić information content (AvgIpc) is 2.66. The molecule has 0 atom stereocenters. The Morgan fingerprint density at radius 1 is 1.07 bits per heavy atom. The Labute approximate surface area is 164 Å². The van der Waals surface area contributed by atoms with E-state index in [9.17, 15) is 9.59 Å². The van der Waals surface area contributed by atoms with Gasteiger partial charge >= 0.3 is 0 Å². The zero-order valence-corrected chi connectivity index (χ0v) is 16.0. The van der Waals surface area contributed by atoms with Gasteiger partial charge in [-0.15, -0.1) is 0 Å². The fourth-order valence-electron chi connectivity index (χ4n) is 2.37. The first-order valence-electron chi connectivity index (χ1n) is 8.60. The SMILES string of the molecule is COCCCNC(=O)c1cccc(NC(=S)NC(=O)Cc2ccccc2)c1. The maximum Gasteiger partial charge on any atom is 0.251 e. The summed E-state index contributed by atoms with van der Waals surface area (Å²) in [5.74, 6) is -0.375. The molecule has 2 aromatic carbocycles. The van der Waals surface area contributed by atoms with Crippen molar-refractivity contribution in [1.82, 2.24) is 10.6 Å². The van der Waals surface area contributed by atoms with Gasteiger partial charge in [0.05, 0.1) is 6.42 Å². The molecule has 2 amide bonds. The van der Waals surface area contributed by atoms with Gasteiger partial charge in [-0.25, -0.2) is 0 Å². The summed E-state index contributed by atoms with van der Waals surface area (Å²) >= 11 is 5.18. The van der Waals surface area contributed by atoms with Crippen molar-refractivity contribution in [3.63, 3.8) is 0 Å². The summed E-state index contributed by atoms with van der Waals surface area (Å²) in [6.45, 7) is 1.14. The maximum absolute atomic E-state index is 12.1. The summed E-state index contributed by atoms with van der Waals surface area (Å²) in [7, 11) is 1.62. The minimum atomic E-state index is -0.203. The van der Waals surface area contributed by atoms with E-state index in [1.165, 1.54) is 0 Å². The van der Waals surface area contributed by atoms with Crippen molar-refractivity contribution >= 4 is 34.8 Å². The molecule has 2 aromatic rings. The van der Waals surface area contributed by atoms with Crippen LogP contribution in [0.1, 0.15) is 22.3 Å². The lowest BCUT2D eigenvalue weighted by Crippen LogP contribution is -2.35. The third-order valence-electron chi connectivity index (χ3n) is 3.65.